The number of rotatable bonds is 5. The number of fused-ring (bicyclic) bond motifs is 2. The third-order valence-electron chi connectivity index (χ3n) is 5.56. The van der Waals surface area contributed by atoms with Crippen LogP contribution in [0.5, 0.6) is 0 Å². The van der Waals surface area contributed by atoms with E-state index in [2.05, 4.69) is 67.3 Å². The SMILES string of the molecule is CN(C)Cc1c(CN(C)[C@H]2CCCc3cccnc32)ncc2ccccc12. The highest BCUT2D eigenvalue weighted by Crippen LogP contribution is 2.33. The maximum atomic E-state index is 4.86. The van der Waals surface area contributed by atoms with Gasteiger partial charge in [0, 0.05) is 30.9 Å². The molecule has 4 nitrogen and oxygen atoms in total. The summed E-state index contributed by atoms with van der Waals surface area (Å²) in [6.07, 6.45) is 7.48. The van der Waals surface area contributed by atoms with Crippen LogP contribution in [0.4, 0.5) is 0 Å². The van der Waals surface area contributed by atoms with Crippen LogP contribution >= 0.6 is 0 Å². The lowest BCUT2D eigenvalue weighted by Gasteiger charge is -2.32. The molecule has 0 bridgehead atoms. The summed E-state index contributed by atoms with van der Waals surface area (Å²) in [7, 11) is 6.46. The Bertz CT molecular complexity index is 935. The van der Waals surface area contributed by atoms with Gasteiger partial charge in [0.05, 0.1) is 17.4 Å². The van der Waals surface area contributed by atoms with E-state index in [1.54, 1.807) is 0 Å². The van der Waals surface area contributed by atoms with E-state index in [1.807, 2.05) is 12.4 Å². The second kappa shape index (κ2) is 7.75. The molecule has 0 fully saturated rings. The maximum absolute atomic E-state index is 4.86. The molecule has 2 heterocycles. The molecule has 1 atom stereocenters. The van der Waals surface area contributed by atoms with E-state index in [1.165, 1.54) is 39.7 Å². The van der Waals surface area contributed by atoms with E-state index < -0.39 is 0 Å². The van der Waals surface area contributed by atoms with Crippen LogP contribution in [0.15, 0.2) is 48.8 Å². The van der Waals surface area contributed by atoms with Crippen molar-refractivity contribution < 1.29 is 0 Å². The van der Waals surface area contributed by atoms with Gasteiger partial charge in [-0.1, -0.05) is 30.3 Å². The van der Waals surface area contributed by atoms with E-state index in [-0.39, 0.29) is 0 Å². The molecule has 0 unspecified atom stereocenters. The van der Waals surface area contributed by atoms with Crippen molar-refractivity contribution in [2.24, 2.45) is 0 Å². The normalized spacial score (nSPS) is 16.9. The third kappa shape index (κ3) is 3.73. The van der Waals surface area contributed by atoms with E-state index in [4.69, 9.17) is 9.97 Å². The molecular weight excluding hydrogens is 332 g/mol. The van der Waals surface area contributed by atoms with E-state index in [0.29, 0.717) is 6.04 Å². The van der Waals surface area contributed by atoms with Crippen molar-refractivity contribution in [1.82, 2.24) is 19.8 Å². The molecule has 0 amide bonds. The Balaban J connectivity index is 1.67. The number of hydrogen-bond acceptors (Lipinski definition) is 4. The molecular formula is C23H28N4. The van der Waals surface area contributed by atoms with Crippen LogP contribution in [0.2, 0.25) is 0 Å². The molecule has 1 aliphatic rings. The fraction of sp³-hybridized carbons (Fsp3) is 0.391. The molecule has 4 rings (SSSR count). The Labute approximate surface area is 161 Å². The van der Waals surface area contributed by atoms with Gasteiger partial charge >= 0.3 is 0 Å². The minimum absolute atomic E-state index is 0.371. The molecule has 0 aliphatic heterocycles. The van der Waals surface area contributed by atoms with Crippen molar-refractivity contribution in [2.75, 3.05) is 21.1 Å². The summed E-state index contributed by atoms with van der Waals surface area (Å²) in [6, 6.07) is 13.2. The predicted molar refractivity (Wildman–Crippen MR) is 111 cm³/mol. The van der Waals surface area contributed by atoms with Crippen molar-refractivity contribution in [3.8, 4) is 0 Å². The smallest absolute Gasteiger partial charge is 0.0607 e. The molecule has 0 saturated heterocycles. The summed E-state index contributed by atoms with van der Waals surface area (Å²) >= 11 is 0. The molecule has 0 spiro atoms. The summed E-state index contributed by atoms with van der Waals surface area (Å²) in [5.41, 5.74) is 5.16. The van der Waals surface area contributed by atoms with Gasteiger partial charge in [-0.05, 0) is 63.0 Å². The second-order valence-electron chi connectivity index (χ2n) is 7.88. The number of aromatic nitrogens is 2. The van der Waals surface area contributed by atoms with Gasteiger partial charge in [0.1, 0.15) is 0 Å². The molecule has 0 radical (unpaired) electrons. The van der Waals surface area contributed by atoms with Gasteiger partial charge in [0.2, 0.25) is 0 Å². The first-order chi connectivity index (χ1) is 13.1. The maximum Gasteiger partial charge on any atom is 0.0607 e. The number of pyridine rings is 2. The molecule has 140 valence electrons. The second-order valence-corrected chi connectivity index (χ2v) is 7.88. The Morgan fingerprint density at radius 2 is 1.85 bits per heavy atom. The molecule has 1 aliphatic carbocycles. The Morgan fingerprint density at radius 3 is 2.70 bits per heavy atom. The highest BCUT2D eigenvalue weighted by molar-refractivity contribution is 5.85. The topological polar surface area (TPSA) is 32.3 Å². The van der Waals surface area contributed by atoms with Crippen LogP contribution in [0, 0.1) is 0 Å². The van der Waals surface area contributed by atoms with Gasteiger partial charge in [-0.15, -0.1) is 0 Å². The molecule has 3 aromatic rings. The van der Waals surface area contributed by atoms with Gasteiger partial charge in [-0.25, -0.2) is 0 Å². The lowest BCUT2D eigenvalue weighted by Crippen LogP contribution is -2.29. The first-order valence-electron chi connectivity index (χ1n) is 9.77. The highest BCUT2D eigenvalue weighted by Gasteiger charge is 2.26. The van der Waals surface area contributed by atoms with Crippen molar-refractivity contribution in [3.63, 3.8) is 0 Å². The minimum Gasteiger partial charge on any atom is -0.305 e. The Morgan fingerprint density at radius 1 is 1.00 bits per heavy atom. The zero-order valence-corrected chi connectivity index (χ0v) is 16.5. The predicted octanol–water partition coefficient (Wildman–Crippen LogP) is 4.20. The van der Waals surface area contributed by atoms with Gasteiger partial charge < -0.3 is 4.90 Å². The molecule has 2 aromatic heterocycles. The monoisotopic (exact) mass is 360 g/mol. The fourth-order valence-corrected chi connectivity index (χ4v) is 4.25. The van der Waals surface area contributed by atoms with E-state index in [0.717, 1.165) is 25.9 Å². The molecule has 0 saturated carbocycles. The quantitative estimate of drug-likeness (QED) is 0.682. The number of nitrogens with zero attached hydrogens (tertiary/aromatic N) is 4. The van der Waals surface area contributed by atoms with Crippen LogP contribution in [0.3, 0.4) is 0 Å². The first kappa shape index (κ1) is 18.1. The summed E-state index contributed by atoms with van der Waals surface area (Å²) in [5.74, 6) is 0. The van der Waals surface area contributed by atoms with Gasteiger partial charge in [0.15, 0.2) is 0 Å². The highest BCUT2D eigenvalue weighted by atomic mass is 15.1. The minimum atomic E-state index is 0.371. The van der Waals surface area contributed by atoms with E-state index in [9.17, 15) is 0 Å². The lowest BCUT2D eigenvalue weighted by molar-refractivity contribution is 0.205. The summed E-state index contributed by atoms with van der Waals surface area (Å²) in [6.45, 7) is 1.74. The van der Waals surface area contributed by atoms with Crippen LogP contribution in [-0.2, 0) is 19.5 Å². The lowest BCUT2D eigenvalue weighted by atomic mass is 9.91. The molecule has 27 heavy (non-hydrogen) atoms. The van der Waals surface area contributed by atoms with E-state index >= 15 is 0 Å². The van der Waals surface area contributed by atoms with Crippen LogP contribution < -0.4 is 0 Å². The van der Waals surface area contributed by atoms with Crippen molar-refractivity contribution in [3.05, 3.63) is 71.3 Å². The van der Waals surface area contributed by atoms with Crippen molar-refractivity contribution >= 4 is 10.8 Å². The van der Waals surface area contributed by atoms with Crippen molar-refractivity contribution in [2.45, 2.75) is 38.4 Å². The summed E-state index contributed by atoms with van der Waals surface area (Å²) in [4.78, 5) is 14.2. The largest absolute Gasteiger partial charge is 0.305 e. The number of hydrogen-bond donors (Lipinski definition) is 0. The van der Waals surface area contributed by atoms with Crippen LogP contribution in [0.1, 0.15) is 41.4 Å². The Hall–Kier alpha value is -2.30. The molecule has 1 aromatic carbocycles. The third-order valence-corrected chi connectivity index (χ3v) is 5.56. The Kier molecular flexibility index (Phi) is 5.19. The molecule has 0 N–H and O–H groups in total. The number of aryl methyl sites for hydroxylation is 1. The summed E-state index contributed by atoms with van der Waals surface area (Å²) in [5, 5.41) is 2.53. The zero-order chi connectivity index (χ0) is 18.8. The van der Waals surface area contributed by atoms with Crippen LogP contribution in [0.25, 0.3) is 10.8 Å². The first-order valence-corrected chi connectivity index (χ1v) is 9.77. The average Bonchev–Trinajstić information content (AvgIpc) is 2.69. The van der Waals surface area contributed by atoms with Crippen molar-refractivity contribution in [1.29, 1.82) is 0 Å². The van der Waals surface area contributed by atoms with Gasteiger partial charge in [-0.2, -0.15) is 0 Å². The standard InChI is InChI=1S/C23H28N4/c1-26(2)15-20-19-11-5-4-8-18(19)14-25-21(20)16-27(3)22-12-6-9-17-10-7-13-24-23(17)22/h4-5,7-8,10-11,13-14,22H,6,9,12,15-16H2,1-3H3/t22-/m0/s1. The fourth-order valence-electron chi connectivity index (χ4n) is 4.25. The average molecular weight is 361 g/mol. The van der Waals surface area contributed by atoms with Crippen LogP contribution in [-0.4, -0.2) is 40.9 Å². The summed E-state index contributed by atoms with van der Waals surface area (Å²) < 4.78 is 0. The number of benzene rings is 1. The molecule has 4 heteroatoms. The van der Waals surface area contributed by atoms with Gasteiger partial charge in [-0.3, -0.25) is 14.9 Å². The van der Waals surface area contributed by atoms with Gasteiger partial charge in [0.25, 0.3) is 0 Å². The zero-order valence-electron chi connectivity index (χ0n) is 16.5.